The van der Waals surface area contributed by atoms with Gasteiger partial charge in [0.1, 0.15) is 11.7 Å². The summed E-state index contributed by atoms with van der Waals surface area (Å²) < 4.78 is 5.33. The van der Waals surface area contributed by atoms with Gasteiger partial charge in [-0.2, -0.15) is 0 Å². The van der Waals surface area contributed by atoms with Gasteiger partial charge in [0.05, 0.1) is 0 Å². The van der Waals surface area contributed by atoms with Crippen molar-refractivity contribution in [2.45, 2.75) is 12.8 Å². The van der Waals surface area contributed by atoms with Crippen LogP contribution in [0.5, 0.6) is 0 Å². The van der Waals surface area contributed by atoms with Crippen LogP contribution in [-0.2, 0) is 4.79 Å². The molecule has 1 unspecified atom stereocenters. The molecule has 5 nitrogen and oxygen atoms in total. The first-order valence-corrected chi connectivity index (χ1v) is 6.28. The van der Waals surface area contributed by atoms with Crippen molar-refractivity contribution in [2.75, 3.05) is 11.4 Å². The van der Waals surface area contributed by atoms with Crippen molar-refractivity contribution < 1.29 is 19.1 Å². The van der Waals surface area contributed by atoms with E-state index in [2.05, 4.69) is 0 Å². The van der Waals surface area contributed by atoms with E-state index in [9.17, 15) is 14.7 Å². The number of para-hydroxylation sites is 1. The fraction of sp³-hybridized carbons (Fsp3) is 0.200. The third-order valence-electron chi connectivity index (χ3n) is 3.46. The highest BCUT2D eigenvalue weighted by molar-refractivity contribution is 6.07. The maximum Gasteiger partial charge on any atom is 0.312 e. The van der Waals surface area contributed by atoms with Crippen LogP contribution in [0.15, 0.2) is 40.8 Å². The second kappa shape index (κ2) is 4.52. The maximum absolute atomic E-state index is 12.4. The van der Waals surface area contributed by atoms with Crippen molar-refractivity contribution in [3.63, 3.8) is 0 Å². The highest BCUT2D eigenvalue weighted by Crippen LogP contribution is 2.37. The van der Waals surface area contributed by atoms with Crippen LogP contribution in [0.3, 0.4) is 0 Å². The number of carboxylic acid groups (broad SMARTS) is 1. The SMILES string of the molecule is Cc1ccc(C(=O)N2CC(C(=O)O)c3ccccc32)o1. The number of carboxylic acids is 1. The number of aliphatic carboxylic acids is 1. The minimum absolute atomic E-state index is 0.132. The Kier molecular flexibility index (Phi) is 2.82. The average Bonchev–Trinajstić information content (AvgIpc) is 3.02. The number of rotatable bonds is 2. The molecule has 1 N–H and O–H groups in total. The Morgan fingerprint density at radius 2 is 2.00 bits per heavy atom. The van der Waals surface area contributed by atoms with Gasteiger partial charge in [-0.1, -0.05) is 18.2 Å². The van der Waals surface area contributed by atoms with Crippen LogP contribution in [0.1, 0.15) is 27.8 Å². The monoisotopic (exact) mass is 271 g/mol. The molecule has 0 saturated carbocycles. The van der Waals surface area contributed by atoms with E-state index in [0.29, 0.717) is 17.0 Å². The number of anilines is 1. The molecule has 1 aliphatic heterocycles. The second-order valence-electron chi connectivity index (χ2n) is 4.78. The number of nitrogens with zero attached hydrogens (tertiary/aromatic N) is 1. The Morgan fingerprint density at radius 1 is 1.25 bits per heavy atom. The predicted octanol–water partition coefficient (Wildman–Crippen LogP) is 2.42. The highest BCUT2D eigenvalue weighted by atomic mass is 16.4. The van der Waals surface area contributed by atoms with Crippen molar-refractivity contribution in [3.8, 4) is 0 Å². The number of carbonyl (C=O) groups excluding carboxylic acids is 1. The molecule has 0 aliphatic carbocycles. The van der Waals surface area contributed by atoms with Crippen molar-refractivity contribution >= 4 is 17.6 Å². The van der Waals surface area contributed by atoms with Gasteiger partial charge in [-0.15, -0.1) is 0 Å². The Bertz CT molecular complexity index is 689. The van der Waals surface area contributed by atoms with Gasteiger partial charge in [0.2, 0.25) is 0 Å². The molecule has 0 spiro atoms. The van der Waals surface area contributed by atoms with Gasteiger partial charge in [0, 0.05) is 12.2 Å². The number of hydrogen-bond donors (Lipinski definition) is 1. The standard InChI is InChI=1S/C15H13NO4/c1-9-6-7-13(20-9)14(17)16-8-11(15(18)19)10-4-2-3-5-12(10)16/h2-7,11H,8H2,1H3,(H,18,19). The van der Waals surface area contributed by atoms with Gasteiger partial charge in [0.25, 0.3) is 5.91 Å². The Labute approximate surface area is 115 Å². The number of hydrogen-bond acceptors (Lipinski definition) is 3. The molecule has 1 aromatic carbocycles. The van der Waals surface area contributed by atoms with E-state index in [1.54, 1.807) is 43.3 Å². The van der Waals surface area contributed by atoms with Gasteiger partial charge < -0.3 is 14.4 Å². The third-order valence-corrected chi connectivity index (χ3v) is 3.46. The van der Waals surface area contributed by atoms with E-state index in [1.165, 1.54) is 4.90 Å². The number of furan rings is 1. The van der Waals surface area contributed by atoms with Gasteiger partial charge in [0.15, 0.2) is 5.76 Å². The summed E-state index contributed by atoms with van der Waals surface area (Å²) in [6.45, 7) is 1.89. The van der Waals surface area contributed by atoms with Crippen molar-refractivity contribution in [1.82, 2.24) is 0 Å². The number of benzene rings is 1. The van der Waals surface area contributed by atoms with Crippen LogP contribution in [0.25, 0.3) is 0 Å². The van der Waals surface area contributed by atoms with E-state index in [4.69, 9.17) is 4.42 Å². The van der Waals surface area contributed by atoms with Crippen LogP contribution in [0.2, 0.25) is 0 Å². The molecule has 2 aromatic rings. The molecule has 0 saturated heterocycles. The Balaban J connectivity index is 2.00. The van der Waals surface area contributed by atoms with Gasteiger partial charge >= 0.3 is 5.97 Å². The highest BCUT2D eigenvalue weighted by Gasteiger charge is 2.37. The average molecular weight is 271 g/mol. The summed E-state index contributed by atoms with van der Waals surface area (Å²) in [4.78, 5) is 25.2. The molecule has 1 aromatic heterocycles. The summed E-state index contributed by atoms with van der Waals surface area (Å²) in [5.41, 5.74) is 1.30. The van der Waals surface area contributed by atoms with Crippen LogP contribution in [0.4, 0.5) is 5.69 Å². The number of amides is 1. The van der Waals surface area contributed by atoms with Crippen molar-refractivity contribution in [2.24, 2.45) is 0 Å². The topological polar surface area (TPSA) is 70.8 Å². The zero-order chi connectivity index (χ0) is 14.3. The summed E-state index contributed by atoms with van der Waals surface area (Å²) in [6.07, 6.45) is 0. The molecule has 1 aliphatic rings. The Morgan fingerprint density at radius 3 is 2.65 bits per heavy atom. The lowest BCUT2D eigenvalue weighted by atomic mass is 10.0. The molecular weight excluding hydrogens is 258 g/mol. The van der Waals surface area contributed by atoms with Crippen molar-refractivity contribution in [3.05, 3.63) is 53.5 Å². The van der Waals surface area contributed by atoms with Crippen LogP contribution in [-0.4, -0.2) is 23.5 Å². The normalized spacial score (nSPS) is 17.1. The van der Waals surface area contributed by atoms with E-state index in [-0.39, 0.29) is 18.2 Å². The lowest BCUT2D eigenvalue weighted by Crippen LogP contribution is -2.30. The van der Waals surface area contributed by atoms with Gasteiger partial charge in [-0.3, -0.25) is 9.59 Å². The zero-order valence-electron chi connectivity index (χ0n) is 10.9. The zero-order valence-corrected chi connectivity index (χ0v) is 10.9. The second-order valence-corrected chi connectivity index (χ2v) is 4.78. The summed E-state index contributed by atoms with van der Waals surface area (Å²) >= 11 is 0. The minimum Gasteiger partial charge on any atom is -0.481 e. The molecule has 2 heterocycles. The smallest absolute Gasteiger partial charge is 0.312 e. The molecule has 0 bridgehead atoms. The first-order valence-electron chi connectivity index (χ1n) is 6.28. The molecule has 102 valence electrons. The molecule has 3 rings (SSSR count). The summed E-state index contributed by atoms with van der Waals surface area (Å²) in [5, 5.41) is 9.27. The van der Waals surface area contributed by atoms with E-state index in [1.807, 2.05) is 0 Å². The summed E-state index contributed by atoms with van der Waals surface area (Å²) in [6, 6.07) is 10.4. The molecule has 1 atom stereocenters. The maximum atomic E-state index is 12.4. The number of aryl methyl sites for hydroxylation is 1. The molecule has 20 heavy (non-hydrogen) atoms. The molecule has 0 fully saturated rings. The minimum atomic E-state index is -0.927. The third kappa shape index (κ3) is 1.87. The fourth-order valence-electron chi connectivity index (χ4n) is 2.49. The van der Waals surface area contributed by atoms with Crippen LogP contribution >= 0.6 is 0 Å². The predicted molar refractivity (Wildman–Crippen MR) is 71.9 cm³/mol. The largest absolute Gasteiger partial charge is 0.481 e. The van der Waals surface area contributed by atoms with Crippen LogP contribution in [0, 0.1) is 6.92 Å². The molecule has 1 amide bonds. The fourth-order valence-corrected chi connectivity index (χ4v) is 2.49. The first-order chi connectivity index (χ1) is 9.58. The number of carbonyl (C=O) groups is 2. The lowest BCUT2D eigenvalue weighted by molar-refractivity contribution is -0.138. The quantitative estimate of drug-likeness (QED) is 0.910. The van der Waals surface area contributed by atoms with E-state index < -0.39 is 11.9 Å². The van der Waals surface area contributed by atoms with Crippen LogP contribution < -0.4 is 4.90 Å². The van der Waals surface area contributed by atoms with Crippen molar-refractivity contribution in [1.29, 1.82) is 0 Å². The van der Waals surface area contributed by atoms with Gasteiger partial charge in [-0.25, -0.2) is 0 Å². The molecule has 0 radical (unpaired) electrons. The van der Waals surface area contributed by atoms with E-state index >= 15 is 0 Å². The molecule has 5 heteroatoms. The summed E-state index contributed by atoms with van der Waals surface area (Å²) in [7, 11) is 0. The molecular formula is C15H13NO4. The summed E-state index contributed by atoms with van der Waals surface area (Å²) in [5.74, 6) is -1.05. The first kappa shape index (κ1) is 12.5. The van der Waals surface area contributed by atoms with E-state index in [0.717, 1.165) is 0 Å². The lowest BCUT2D eigenvalue weighted by Gasteiger charge is -2.15. The number of fused-ring (bicyclic) bond motifs is 1. The Hall–Kier alpha value is -2.56. The van der Waals surface area contributed by atoms with Gasteiger partial charge in [-0.05, 0) is 30.7 Å².